The van der Waals surface area contributed by atoms with Crippen molar-refractivity contribution in [3.05, 3.63) is 57.6 Å². The maximum Gasteiger partial charge on any atom is 0.352 e. The molecule has 254 valence electrons. The number of benzene rings is 1. The number of carboxylic acid groups (broad SMARTS) is 1. The lowest BCUT2D eigenvalue weighted by Gasteiger charge is -2.49. The van der Waals surface area contributed by atoms with Crippen LogP contribution in [0.15, 0.2) is 51.7 Å². The fourth-order valence-corrected chi connectivity index (χ4v) is 7.89. The number of nitrogens with two attached hydrogens (primary N) is 1. The first kappa shape index (κ1) is 34.6. The Morgan fingerprint density at radius 1 is 1.25 bits per heavy atom. The molecule has 4 heterocycles. The van der Waals surface area contributed by atoms with Gasteiger partial charge in [-0.25, -0.2) is 19.3 Å². The number of tetrazole rings is 1. The van der Waals surface area contributed by atoms with Gasteiger partial charge in [-0.2, -0.15) is 11.8 Å². The van der Waals surface area contributed by atoms with Gasteiger partial charge in [0.05, 0.1) is 6.20 Å². The number of β-lactam (4-membered cyclic amide) rings is 1. The number of hydrogen-bond donors (Lipinski definition) is 6. The second kappa shape index (κ2) is 15.0. The van der Waals surface area contributed by atoms with Crippen molar-refractivity contribution in [3.63, 3.8) is 0 Å². The molecule has 4 amide bonds. The minimum absolute atomic E-state index is 0.125. The number of phenolic OH excluding ortho intramolecular Hbond substituents is 1. The molecule has 3 aromatic rings. The number of nitrogens with one attached hydrogen (secondary N) is 3. The van der Waals surface area contributed by atoms with Crippen LogP contribution in [0.1, 0.15) is 18.5 Å². The Balaban J connectivity index is 1.40. The summed E-state index contributed by atoms with van der Waals surface area (Å²) in [6.45, 7) is 2.54. The second-order valence-electron chi connectivity index (χ2n) is 10.3. The quantitative estimate of drug-likeness (QED) is 0.0746. The van der Waals surface area contributed by atoms with E-state index in [0.29, 0.717) is 17.3 Å². The van der Waals surface area contributed by atoms with Crippen molar-refractivity contribution in [1.29, 1.82) is 0 Å². The molecule has 0 bridgehead atoms. The van der Waals surface area contributed by atoms with Gasteiger partial charge in [0.2, 0.25) is 17.0 Å². The Hall–Kier alpha value is -4.76. The minimum atomic E-state index is -1.58. The van der Waals surface area contributed by atoms with Crippen LogP contribution in [0.2, 0.25) is 0 Å². The summed E-state index contributed by atoms with van der Waals surface area (Å²) in [7, 11) is 1.64. The predicted molar refractivity (Wildman–Crippen MR) is 178 cm³/mol. The highest BCUT2D eigenvalue weighted by molar-refractivity contribution is 8.01. The maximum absolute atomic E-state index is 14.0. The number of phenols is 1. The average Bonchev–Trinajstić information content (AvgIpc) is 3.47. The smallest absolute Gasteiger partial charge is 0.352 e. The fourth-order valence-electron chi connectivity index (χ4n) is 5.02. The standard InChI is InChI=1S/C27H31N11O7S3/c1-3-46-9-8-29-26-30-10-16(20(40)32-26)37(25(28)45)18(13-4-6-15(39)7-5-13)21(41)31-17-22(42)38-19(24(43)44)14(11-47-23(17)38)12-48-27-33-34-35-36(27)2/h4-7,10,17-18,23,39H,3,8-9,11-12H2,1-2H3,(H2,28,45)(H,31,41)(H,43,44)(H2,29,30,32,40)/t17?,18?,23-/m0/s1. The molecular formula is C27H31N11O7S3. The first-order valence-corrected chi connectivity index (χ1v) is 17.5. The number of primary amides is 1. The van der Waals surface area contributed by atoms with Crippen LogP contribution in [0.5, 0.6) is 5.75 Å². The van der Waals surface area contributed by atoms with Crippen LogP contribution in [0, 0.1) is 0 Å². The van der Waals surface area contributed by atoms with Crippen LogP contribution < -0.4 is 26.8 Å². The average molecular weight is 718 g/mol. The van der Waals surface area contributed by atoms with E-state index in [0.717, 1.165) is 27.5 Å². The van der Waals surface area contributed by atoms with Gasteiger partial charge in [-0.1, -0.05) is 30.8 Å². The molecular weight excluding hydrogens is 687 g/mol. The molecule has 18 nitrogen and oxygen atoms in total. The van der Waals surface area contributed by atoms with Gasteiger partial charge in [-0.05, 0) is 39.4 Å². The molecule has 3 atom stereocenters. The minimum Gasteiger partial charge on any atom is -0.508 e. The van der Waals surface area contributed by atoms with Crippen LogP contribution in [0.25, 0.3) is 0 Å². The number of aryl methyl sites for hydroxylation is 1. The van der Waals surface area contributed by atoms with Crippen molar-refractivity contribution in [2.45, 2.75) is 29.5 Å². The van der Waals surface area contributed by atoms with Crippen molar-refractivity contribution in [1.82, 2.24) is 40.4 Å². The number of aromatic amines is 1. The van der Waals surface area contributed by atoms with Crippen LogP contribution in [0.4, 0.5) is 16.4 Å². The summed E-state index contributed by atoms with van der Waals surface area (Å²) in [5.74, 6) is -0.696. The number of aromatic hydroxyl groups is 1. The number of carboxylic acids is 1. The number of carbonyl (C=O) groups is 4. The molecule has 1 saturated heterocycles. The summed E-state index contributed by atoms with van der Waals surface area (Å²) in [6.07, 6.45) is 1.10. The summed E-state index contributed by atoms with van der Waals surface area (Å²) in [5, 5.41) is 36.4. The number of aromatic nitrogens is 6. The molecule has 0 radical (unpaired) electrons. The molecule has 0 aliphatic carbocycles. The molecule has 21 heteroatoms. The summed E-state index contributed by atoms with van der Waals surface area (Å²) in [5.41, 5.74) is 5.08. The molecule has 2 aliphatic heterocycles. The lowest BCUT2D eigenvalue weighted by atomic mass is 10.00. The lowest BCUT2D eigenvalue weighted by Crippen LogP contribution is -2.71. The van der Waals surface area contributed by atoms with Crippen molar-refractivity contribution >= 4 is 70.7 Å². The number of H-pyrrole nitrogens is 1. The highest BCUT2D eigenvalue weighted by Gasteiger charge is 2.55. The molecule has 2 unspecified atom stereocenters. The Labute approximate surface area is 285 Å². The Morgan fingerprint density at radius 2 is 2.00 bits per heavy atom. The largest absolute Gasteiger partial charge is 0.508 e. The number of urea groups is 1. The maximum atomic E-state index is 14.0. The molecule has 5 rings (SSSR count). The summed E-state index contributed by atoms with van der Waals surface area (Å²) in [4.78, 5) is 74.4. The molecule has 1 fully saturated rings. The first-order valence-electron chi connectivity index (χ1n) is 14.4. The molecule has 0 saturated carbocycles. The van der Waals surface area contributed by atoms with Crippen molar-refractivity contribution < 1.29 is 29.4 Å². The van der Waals surface area contributed by atoms with E-state index in [4.69, 9.17) is 5.73 Å². The van der Waals surface area contributed by atoms with Crippen molar-refractivity contribution in [3.8, 4) is 5.75 Å². The van der Waals surface area contributed by atoms with Crippen molar-refractivity contribution in [2.75, 3.05) is 39.8 Å². The van der Waals surface area contributed by atoms with E-state index in [2.05, 4.69) is 36.1 Å². The number of anilines is 2. The van der Waals surface area contributed by atoms with E-state index >= 15 is 0 Å². The van der Waals surface area contributed by atoms with Gasteiger partial charge in [0, 0.05) is 30.9 Å². The third kappa shape index (κ3) is 7.21. The van der Waals surface area contributed by atoms with Crippen LogP contribution in [0.3, 0.4) is 0 Å². The monoisotopic (exact) mass is 717 g/mol. The van der Waals surface area contributed by atoms with Gasteiger partial charge in [-0.15, -0.1) is 16.9 Å². The highest BCUT2D eigenvalue weighted by Crippen LogP contribution is 2.42. The lowest BCUT2D eigenvalue weighted by molar-refractivity contribution is -0.150. The topological polar surface area (TPSA) is 255 Å². The summed E-state index contributed by atoms with van der Waals surface area (Å²) >= 11 is 4.16. The SMILES string of the molecule is CCSCCNc1ncc(N(C(N)=O)C(C(=O)NC2C(=O)N3C(C(=O)O)=C(CSc4nnnn4C)CS[C@@H]23)c2ccc(O)cc2)c(=O)[nH]1. The third-order valence-electron chi connectivity index (χ3n) is 7.24. The normalized spacial score (nSPS) is 17.7. The Kier molecular flexibility index (Phi) is 10.8. The van der Waals surface area contributed by atoms with Gasteiger partial charge in [0.15, 0.2) is 0 Å². The van der Waals surface area contributed by atoms with Gasteiger partial charge >= 0.3 is 12.0 Å². The van der Waals surface area contributed by atoms with Gasteiger partial charge in [0.25, 0.3) is 11.5 Å². The number of nitrogens with zero attached hydrogens (tertiary/aromatic N) is 7. The number of amides is 4. The molecule has 2 aliphatic rings. The zero-order chi connectivity index (χ0) is 34.5. The van der Waals surface area contributed by atoms with E-state index < -0.39 is 46.8 Å². The molecule has 48 heavy (non-hydrogen) atoms. The highest BCUT2D eigenvalue weighted by atomic mass is 32.2. The predicted octanol–water partition coefficient (Wildman–Crippen LogP) is 0.321. The van der Waals surface area contributed by atoms with Gasteiger partial charge in [-0.3, -0.25) is 29.2 Å². The Morgan fingerprint density at radius 3 is 2.62 bits per heavy atom. The van der Waals surface area contributed by atoms with E-state index in [1.807, 2.05) is 6.92 Å². The van der Waals surface area contributed by atoms with Crippen LogP contribution in [-0.2, 0) is 21.4 Å². The number of fused-ring (bicyclic) bond motifs is 1. The number of aliphatic carboxylic acids is 1. The molecule has 0 spiro atoms. The zero-order valence-corrected chi connectivity index (χ0v) is 28.0. The molecule has 1 aromatic carbocycles. The fraction of sp³-hybridized carbons (Fsp3) is 0.370. The zero-order valence-electron chi connectivity index (χ0n) is 25.5. The van der Waals surface area contributed by atoms with Crippen LogP contribution >= 0.6 is 35.3 Å². The number of thioether (sulfide) groups is 3. The van der Waals surface area contributed by atoms with E-state index in [1.54, 1.807) is 18.8 Å². The van der Waals surface area contributed by atoms with E-state index in [1.165, 1.54) is 52.5 Å². The van der Waals surface area contributed by atoms with Crippen LogP contribution in [-0.4, -0.2) is 110 Å². The number of hydrogen-bond acceptors (Lipinski definition) is 14. The van der Waals surface area contributed by atoms with E-state index in [-0.39, 0.29) is 40.2 Å². The van der Waals surface area contributed by atoms with Gasteiger partial charge in [0.1, 0.15) is 34.6 Å². The number of rotatable bonds is 14. The Bertz CT molecular complexity index is 1800. The van der Waals surface area contributed by atoms with Gasteiger partial charge < -0.3 is 26.6 Å². The third-order valence-corrected chi connectivity index (χ3v) is 10.6. The van der Waals surface area contributed by atoms with E-state index in [9.17, 15) is 34.2 Å². The second-order valence-corrected chi connectivity index (χ2v) is 13.7. The molecule has 7 N–H and O–H groups in total. The first-order chi connectivity index (χ1) is 23.0. The number of carbonyl (C=O) groups excluding carboxylic acids is 3. The van der Waals surface area contributed by atoms with Crippen molar-refractivity contribution in [2.24, 2.45) is 12.8 Å². The summed E-state index contributed by atoms with van der Waals surface area (Å²) in [6, 6.07) is 1.39. The summed E-state index contributed by atoms with van der Waals surface area (Å²) < 4.78 is 1.44. The molecule has 2 aromatic heterocycles.